The lowest BCUT2D eigenvalue weighted by atomic mass is 10.0. The van der Waals surface area contributed by atoms with E-state index in [2.05, 4.69) is 5.32 Å². The molecule has 0 amide bonds. The number of nitrogens with one attached hydrogen (secondary N) is 1. The number of aryl methyl sites for hydroxylation is 2. The number of aldehydes is 1. The molecule has 0 aliphatic heterocycles. The molecule has 0 fully saturated rings. The van der Waals surface area contributed by atoms with Crippen molar-refractivity contribution in [3.63, 3.8) is 0 Å². The molecule has 15 heavy (non-hydrogen) atoms. The van der Waals surface area contributed by atoms with Crippen LogP contribution in [0.3, 0.4) is 0 Å². The highest BCUT2D eigenvalue weighted by molar-refractivity contribution is 5.55. The average Bonchev–Trinajstić information content (AvgIpc) is 2.24. The van der Waals surface area contributed by atoms with Crippen LogP contribution in [0.4, 0.5) is 10.1 Å². The fraction of sp³-hybridized carbons (Fsp3) is 0.417. The lowest BCUT2D eigenvalue weighted by molar-refractivity contribution is -0.107. The second-order valence-corrected chi connectivity index (χ2v) is 3.54. The van der Waals surface area contributed by atoms with Crippen molar-refractivity contribution in [2.24, 2.45) is 0 Å². The molecular formula is C12H16FNO. The summed E-state index contributed by atoms with van der Waals surface area (Å²) in [6.45, 7) is 1.74. The number of unbranched alkanes of at least 4 members (excludes halogenated alkanes) is 1. The summed E-state index contributed by atoms with van der Waals surface area (Å²) in [6.07, 6.45) is 2.91. The van der Waals surface area contributed by atoms with Gasteiger partial charge in [-0.15, -0.1) is 0 Å². The van der Waals surface area contributed by atoms with Crippen LogP contribution in [0.2, 0.25) is 0 Å². The van der Waals surface area contributed by atoms with E-state index in [1.54, 1.807) is 20.0 Å². The first kappa shape index (κ1) is 11.7. The van der Waals surface area contributed by atoms with Crippen molar-refractivity contribution >= 4 is 12.0 Å². The van der Waals surface area contributed by atoms with Gasteiger partial charge in [0.2, 0.25) is 0 Å². The lowest BCUT2D eigenvalue weighted by Crippen LogP contribution is -2.01. The molecule has 0 aliphatic carbocycles. The van der Waals surface area contributed by atoms with Crippen LogP contribution in [0.1, 0.15) is 24.0 Å². The molecule has 0 aliphatic rings. The molecule has 0 unspecified atom stereocenters. The Balaban J connectivity index is 2.87. The summed E-state index contributed by atoms with van der Waals surface area (Å²) in [5, 5.41) is 2.87. The SMILES string of the molecule is CNc1c(CCCC=O)ccc(C)c1F. The Hall–Kier alpha value is -1.38. The highest BCUT2D eigenvalue weighted by Crippen LogP contribution is 2.23. The van der Waals surface area contributed by atoms with E-state index in [0.717, 1.165) is 24.7 Å². The Morgan fingerprint density at radius 2 is 2.20 bits per heavy atom. The summed E-state index contributed by atoms with van der Waals surface area (Å²) in [5.74, 6) is -0.193. The Bertz CT molecular complexity index is 350. The maximum Gasteiger partial charge on any atom is 0.149 e. The number of halogens is 1. The van der Waals surface area contributed by atoms with E-state index in [1.165, 1.54) is 0 Å². The number of rotatable bonds is 5. The number of carbonyl (C=O) groups is 1. The summed E-state index contributed by atoms with van der Waals surface area (Å²) in [7, 11) is 1.71. The molecule has 0 heterocycles. The van der Waals surface area contributed by atoms with Crippen LogP contribution in [0.25, 0.3) is 0 Å². The van der Waals surface area contributed by atoms with Gasteiger partial charge in [-0.25, -0.2) is 4.39 Å². The van der Waals surface area contributed by atoms with Crippen molar-refractivity contribution in [1.29, 1.82) is 0 Å². The first-order chi connectivity index (χ1) is 7.20. The minimum absolute atomic E-state index is 0.193. The first-order valence-corrected chi connectivity index (χ1v) is 5.10. The number of hydrogen-bond acceptors (Lipinski definition) is 2. The van der Waals surface area contributed by atoms with E-state index >= 15 is 0 Å². The molecule has 82 valence electrons. The molecule has 0 saturated heterocycles. The fourth-order valence-corrected chi connectivity index (χ4v) is 1.57. The van der Waals surface area contributed by atoms with Crippen LogP contribution >= 0.6 is 0 Å². The van der Waals surface area contributed by atoms with Crippen molar-refractivity contribution in [3.05, 3.63) is 29.1 Å². The van der Waals surface area contributed by atoms with Crippen molar-refractivity contribution < 1.29 is 9.18 Å². The van der Waals surface area contributed by atoms with Gasteiger partial charge in [0.05, 0.1) is 5.69 Å². The van der Waals surface area contributed by atoms with Crippen molar-refractivity contribution in [1.82, 2.24) is 0 Å². The maximum absolute atomic E-state index is 13.6. The van der Waals surface area contributed by atoms with Gasteiger partial charge in [-0.1, -0.05) is 12.1 Å². The molecule has 0 aromatic heterocycles. The van der Waals surface area contributed by atoms with E-state index in [-0.39, 0.29) is 5.82 Å². The standard InChI is InChI=1S/C12H16FNO/c1-9-6-7-10(5-3-4-8-15)12(14-2)11(9)13/h6-8,14H,3-5H2,1-2H3. The average molecular weight is 209 g/mol. The maximum atomic E-state index is 13.6. The van der Waals surface area contributed by atoms with Gasteiger partial charge < -0.3 is 10.1 Å². The van der Waals surface area contributed by atoms with Crippen LogP contribution in [0.15, 0.2) is 12.1 Å². The summed E-state index contributed by atoms with van der Waals surface area (Å²) in [5.41, 5.74) is 2.13. The Labute approximate surface area is 89.5 Å². The predicted octanol–water partition coefficient (Wildman–Crippen LogP) is 2.70. The summed E-state index contributed by atoms with van der Waals surface area (Å²) >= 11 is 0. The van der Waals surface area contributed by atoms with Gasteiger partial charge >= 0.3 is 0 Å². The van der Waals surface area contributed by atoms with Crippen LogP contribution in [-0.2, 0) is 11.2 Å². The summed E-state index contributed by atoms with van der Waals surface area (Å²) in [4.78, 5) is 10.2. The number of hydrogen-bond donors (Lipinski definition) is 1. The zero-order chi connectivity index (χ0) is 11.3. The molecule has 2 nitrogen and oxygen atoms in total. The molecule has 0 radical (unpaired) electrons. The lowest BCUT2D eigenvalue weighted by Gasteiger charge is -2.11. The van der Waals surface area contributed by atoms with Gasteiger partial charge in [0, 0.05) is 13.5 Å². The van der Waals surface area contributed by atoms with Crippen LogP contribution in [-0.4, -0.2) is 13.3 Å². The summed E-state index contributed by atoms with van der Waals surface area (Å²) in [6, 6.07) is 3.68. The smallest absolute Gasteiger partial charge is 0.149 e. The largest absolute Gasteiger partial charge is 0.386 e. The zero-order valence-electron chi connectivity index (χ0n) is 9.14. The van der Waals surface area contributed by atoms with Crippen molar-refractivity contribution in [2.45, 2.75) is 26.2 Å². The number of carbonyl (C=O) groups excluding carboxylic acids is 1. The molecule has 0 atom stereocenters. The topological polar surface area (TPSA) is 29.1 Å². The second-order valence-electron chi connectivity index (χ2n) is 3.54. The van der Waals surface area contributed by atoms with Crippen molar-refractivity contribution in [2.75, 3.05) is 12.4 Å². The van der Waals surface area contributed by atoms with Gasteiger partial charge in [0.15, 0.2) is 0 Å². The molecule has 0 saturated carbocycles. The van der Waals surface area contributed by atoms with E-state index in [4.69, 9.17) is 0 Å². The third-order valence-electron chi connectivity index (χ3n) is 2.44. The quantitative estimate of drug-likeness (QED) is 0.596. The fourth-order valence-electron chi connectivity index (χ4n) is 1.57. The minimum atomic E-state index is -0.193. The summed E-state index contributed by atoms with van der Waals surface area (Å²) < 4.78 is 13.6. The second kappa shape index (κ2) is 5.49. The molecular weight excluding hydrogens is 193 g/mol. The van der Waals surface area contributed by atoms with Gasteiger partial charge in [-0.3, -0.25) is 0 Å². The highest BCUT2D eigenvalue weighted by atomic mass is 19.1. The van der Waals surface area contributed by atoms with Crippen LogP contribution in [0.5, 0.6) is 0 Å². The van der Waals surface area contributed by atoms with E-state index in [9.17, 15) is 9.18 Å². The molecule has 1 rings (SSSR count). The van der Waals surface area contributed by atoms with E-state index < -0.39 is 0 Å². The normalized spacial score (nSPS) is 10.1. The first-order valence-electron chi connectivity index (χ1n) is 5.10. The number of benzene rings is 1. The Morgan fingerprint density at radius 1 is 1.47 bits per heavy atom. The monoisotopic (exact) mass is 209 g/mol. The van der Waals surface area contributed by atoms with E-state index in [1.807, 2.05) is 6.07 Å². The van der Waals surface area contributed by atoms with Crippen LogP contribution in [0, 0.1) is 12.7 Å². The number of anilines is 1. The Morgan fingerprint density at radius 3 is 2.80 bits per heavy atom. The zero-order valence-corrected chi connectivity index (χ0v) is 9.14. The van der Waals surface area contributed by atoms with Gasteiger partial charge in [0.25, 0.3) is 0 Å². The van der Waals surface area contributed by atoms with Gasteiger partial charge in [-0.05, 0) is 30.9 Å². The molecule has 0 spiro atoms. The molecule has 1 aromatic rings. The molecule has 3 heteroatoms. The Kier molecular flexibility index (Phi) is 4.28. The predicted molar refractivity (Wildman–Crippen MR) is 59.7 cm³/mol. The minimum Gasteiger partial charge on any atom is -0.386 e. The van der Waals surface area contributed by atoms with Gasteiger partial charge in [-0.2, -0.15) is 0 Å². The van der Waals surface area contributed by atoms with Crippen LogP contribution < -0.4 is 5.32 Å². The third kappa shape index (κ3) is 2.78. The molecule has 1 N–H and O–H groups in total. The van der Waals surface area contributed by atoms with Crippen molar-refractivity contribution in [3.8, 4) is 0 Å². The third-order valence-corrected chi connectivity index (χ3v) is 2.44. The van der Waals surface area contributed by atoms with E-state index in [0.29, 0.717) is 17.7 Å². The highest BCUT2D eigenvalue weighted by Gasteiger charge is 2.08. The molecule has 1 aromatic carbocycles. The molecule has 0 bridgehead atoms. The van der Waals surface area contributed by atoms with Gasteiger partial charge in [0.1, 0.15) is 12.1 Å².